The molecule has 1 aromatic heterocycles. The lowest BCUT2D eigenvalue weighted by atomic mass is 9.85. The van der Waals surface area contributed by atoms with Crippen molar-refractivity contribution in [1.82, 2.24) is 9.88 Å². The molecule has 112 valence electrons. The largest absolute Gasteiger partial charge is 0.370 e. The van der Waals surface area contributed by atoms with Gasteiger partial charge in [0.25, 0.3) is 0 Å². The minimum atomic E-state index is 0.515. The van der Waals surface area contributed by atoms with E-state index in [1.165, 1.54) is 37.9 Å². The van der Waals surface area contributed by atoms with Gasteiger partial charge in [-0.15, -0.1) is 0 Å². The van der Waals surface area contributed by atoms with Crippen LogP contribution in [0.4, 0.5) is 5.82 Å². The van der Waals surface area contributed by atoms with E-state index in [1.807, 2.05) is 6.20 Å². The summed E-state index contributed by atoms with van der Waals surface area (Å²) < 4.78 is 0. The lowest BCUT2D eigenvalue weighted by Crippen LogP contribution is -2.25. The van der Waals surface area contributed by atoms with Crippen LogP contribution < -0.4 is 5.32 Å². The zero-order valence-corrected chi connectivity index (χ0v) is 13.3. The molecule has 2 rings (SSSR count). The first-order chi connectivity index (χ1) is 9.59. The highest BCUT2D eigenvalue weighted by molar-refractivity contribution is 5.37. The van der Waals surface area contributed by atoms with Crippen molar-refractivity contribution in [3.8, 4) is 0 Å². The summed E-state index contributed by atoms with van der Waals surface area (Å²) in [7, 11) is 0. The van der Waals surface area contributed by atoms with Crippen molar-refractivity contribution in [3.63, 3.8) is 0 Å². The summed E-state index contributed by atoms with van der Waals surface area (Å²) in [4.78, 5) is 6.97. The van der Waals surface area contributed by atoms with E-state index in [0.29, 0.717) is 5.41 Å². The lowest BCUT2D eigenvalue weighted by Gasteiger charge is -2.23. The van der Waals surface area contributed by atoms with Gasteiger partial charge in [-0.25, -0.2) is 4.98 Å². The summed E-state index contributed by atoms with van der Waals surface area (Å²) in [5, 5.41) is 3.37. The highest BCUT2D eigenvalue weighted by Crippen LogP contribution is 2.30. The minimum absolute atomic E-state index is 0.515. The molecule has 0 bridgehead atoms. The summed E-state index contributed by atoms with van der Waals surface area (Å²) in [5.41, 5.74) is 1.89. The number of pyridine rings is 1. The van der Waals surface area contributed by atoms with Gasteiger partial charge in [-0.1, -0.05) is 20.8 Å². The predicted octanol–water partition coefficient (Wildman–Crippen LogP) is 3.92. The summed E-state index contributed by atoms with van der Waals surface area (Å²) in [5.74, 6) is 1.01. The maximum absolute atomic E-state index is 4.38. The van der Waals surface area contributed by atoms with Crippen molar-refractivity contribution >= 4 is 5.82 Å². The molecule has 0 amide bonds. The molecule has 20 heavy (non-hydrogen) atoms. The van der Waals surface area contributed by atoms with Crippen molar-refractivity contribution in [1.29, 1.82) is 0 Å². The second-order valence-corrected chi connectivity index (χ2v) is 6.77. The summed E-state index contributed by atoms with van der Waals surface area (Å²) >= 11 is 0. The first-order valence-electron chi connectivity index (χ1n) is 8.00. The van der Waals surface area contributed by atoms with Crippen molar-refractivity contribution in [2.24, 2.45) is 5.41 Å². The number of rotatable bonds is 5. The zero-order valence-electron chi connectivity index (χ0n) is 13.3. The van der Waals surface area contributed by atoms with Crippen molar-refractivity contribution < 1.29 is 0 Å². The number of aromatic nitrogens is 1. The van der Waals surface area contributed by atoms with E-state index in [0.717, 1.165) is 25.3 Å². The molecule has 2 heterocycles. The number of nitrogens with one attached hydrogen (secondary N) is 1. The van der Waals surface area contributed by atoms with Crippen LogP contribution >= 0.6 is 0 Å². The van der Waals surface area contributed by atoms with E-state index in [1.54, 1.807) is 0 Å². The van der Waals surface area contributed by atoms with Crippen molar-refractivity contribution in [2.75, 3.05) is 25.0 Å². The number of hydrogen-bond donors (Lipinski definition) is 1. The second kappa shape index (κ2) is 7.07. The number of hydrogen-bond acceptors (Lipinski definition) is 3. The Balaban J connectivity index is 1.92. The van der Waals surface area contributed by atoms with Gasteiger partial charge < -0.3 is 5.32 Å². The van der Waals surface area contributed by atoms with E-state index in [2.05, 4.69) is 48.1 Å². The number of likely N-dealkylation sites (tertiary alicyclic amines) is 1. The van der Waals surface area contributed by atoms with Crippen LogP contribution in [0.25, 0.3) is 0 Å². The second-order valence-electron chi connectivity index (χ2n) is 6.77. The molecule has 0 aromatic carbocycles. The molecule has 3 heteroatoms. The molecule has 1 aliphatic rings. The van der Waals surface area contributed by atoms with E-state index in [4.69, 9.17) is 0 Å². The SMILES string of the molecule is CCCNc1cc(CN2CCCC(C)(C)CC2)ccn1. The van der Waals surface area contributed by atoms with Crippen LogP contribution in [0.3, 0.4) is 0 Å². The summed E-state index contributed by atoms with van der Waals surface area (Å²) in [6.07, 6.45) is 7.03. The standard InChI is InChI=1S/C17H29N3/c1-4-9-18-16-13-15(6-10-19-16)14-20-11-5-7-17(2,3)8-12-20/h6,10,13H,4-5,7-9,11-12,14H2,1-3H3,(H,18,19). The van der Waals surface area contributed by atoms with Crippen molar-refractivity contribution in [3.05, 3.63) is 23.9 Å². The average molecular weight is 275 g/mol. The third kappa shape index (κ3) is 4.78. The van der Waals surface area contributed by atoms with Gasteiger partial charge in [-0.3, -0.25) is 4.90 Å². The quantitative estimate of drug-likeness (QED) is 0.883. The van der Waals surface area contributed by atoms with Gasteiger partial charge in [0.2, 0.25) is 0 Å². The van der Waals surface area contributed by atoms with E-state index in [9.17, 15) is 0 Å². The first kappa shape index (κ1) is 15.3. The van der Waals surface area contributed by atoms with Crippen LogP contribution in [-0.4, -0.2) is 29.5 Å². The van der Waals surface area contributed by atoms with Crippen LogP contribution in [0.5, 0.6) is 0 Å². The van der Waals surface area contributed by atoms with E-state index < -0.39 is 0 Å². The van der Waals surface area contributed by atoms with Crippen molar-refractivity contribution in [2.45, 2.75) is 53.0 Å². The van der Waals surface area contributed by atoms with Crippen LogP contribution in [0.15, 0.2) is 18.3 Å². The smallest absolute Gasteiger partial charge is 0.126 e. The van der Waals surface area contributed by atoms with Crippen LogP contribution in [0, 0.1) is 5.41 Å². The molecule has 3 nitrogen and oxygen atoms in total. The molecule has 1 saturated heterocycles. The van der Waals surface area contributed by atoms with E-state index >= 15 is 0 Å². The van der Waals surface area contributed by atoms with E-state index in [-0.39, 0.29) is 0 Å². The van der Waals surface area contributed by atoms with Crippen LogP contribution in [0.1, 0.15) is 52.0 Å². The Labute approximate surface area is 123 Å². The molecule has 0 atom stereocenters. The molecule has 0 spiro atoms. The predicted molar refractivity (Wildman–Crippen MR) is 85.9 cm³/mol. The fourth-order valence-corrected chi connectivity index (χ4v) is 2.82. The Morgan fingerprint density at radius 1 is 1.30 bits per heavy atom. The minimum Gasteiger partial charge on any atom is -0.370 e. The first-order valence-corrected chi connectivity index (χ1v) is 8.00. The molecular formula is C17H29N3. The van der Waals surface area contributed by atoms with Crippen LogP contribution in [0.2, 0.25) is 0 Å². The number of anilines is 1. The lowest BCUT2D eigenvalue weighted by molar-refractivity contribution is 0.256. The van der Waals surface area contributed by atoms with Crippen LogP contribution in [-0.2, 0) is 6.54 Å². The van der Waals surface area contributed by atoms with Gasteiger partial charge in [0.1, 0.15) is 5.82 Å². The normalized spacial score (nSPS) is 19.6. The fraction of sp³-hybridized carbons (Fsp3) is 0.706. The van der Waals surface area contributed by atoms with Gasteiger partial charge >= 0.3 is 0 Å². The molecule has 0 unspecified atom stereocenters. The third-order valence-electron chi connectivity index (χ3n) is 4.22. The monoisotopic (exact) mass is 275 g/mol. The molecule has 1 N–H and O–H groups in total. The van der Waals surface area contributed by atoms with Gasteiger partial charge in [0.05, 0.1) is 0 Å². The van der Waals surface area contributed by atoms with Gasteiger partial charge in [-0.05, 0) is 61.9 Å². The molecule has 1 fully saturated rings. The Morgan fingerprint density at radius 3 is 2.95 bits per heavy atom. The average Bonchev–Trinajstić information content (AvgIpc) is 2.58. The zero-order chi connectivity index (χ0) is 14.4. The third-order valence-corrected chi connectivity index (χ3v) is 4.22. The highest BCUT2D eigenvalue weighted by Gasteiger charge is 2.22. The fourth-order valence-electron chi connectivity index (χ4n) is 2.82. The highest BCUT2D eigenvalue weighted by atomic mass is 15.1. The van der Waals surface area contributed by atoms with Gasteiger partial charge in [-0.2, -0.15) is 0 Å². The maximum atomic E-state index is 4.38. The molecule has 0 aliphatic carbocycles. The topological polar surface area (TPSA) is 28.2 Å². The molecule has 0 saturated carbocycles. The number of nitrogens with zero attached hydrogens (tertiary/aromatic N) is 2. The molecule has 0 radical (unpaired) electrons. The van der Waals surface area contributed by atoms with Gasteiger partial charge in [0.15, 0.2) is 0 Å². The Hall–Kier alpha value is -1.09. The Kier molecular flexibility index (Phi) is 5.41. The summed E-state index contributed by atoms with van der Waals surface area (Å²) in [6.45, 7) is 11.5. The maximum Gasteiger partial charge on any atom is 0.126 e. The summed E-state index contributed by atoms with van der Waals surface area (Å²) in [6, 6.07) is 4.35. The molecule has 1 aliphatic heterocycles. The Bertz CT molecular complexity index is 414. The Morgan fingerprint density at radius 2 is 2.15 bits per heavy atom. The molecular weight excluding hydrogens is 246 g/mol. The van der Waals surface area contributed by atoms with Gasteiger partial charge in [0, 0.05) is 19.3 Å². The molecule has 1 aromatic rings.